The number of rotatable bonds is 3. The third-order valence-electron chi connectivity index (χ3n) is 5.16. The number of fused-ring (bicyclic) bond motifs is 1. The highest BCUT2D eigenvalue weighted by atomic mass is 19.4. The van der Waals surface area contributed by atoms with Gasteiger partial charge in [0.1, 0.15) is 5.82 Å². The first kappa shape index (κ1) is 21.0. The molecule has 1 N–H and O–H groups in total. The Labute approximate surface area is 166 Å². The second kappa shape index (κ2) is 9.17. The Morgan fingerprint density at radius 1 is 1.07 bits per heavy atom. The second-order valence-corrected chi connectivity index (χ2v) is 7.17. The predicted molar refractivity (Wildman–Crippen MR) is 99.0 cm³/mol. The normalized spacial score (nSPS) is 21.8. The molecule has 0 saturated carbocycles. The molecule has 0 aliphatic carbocycles. The number of carboxylic acid groups (broad SMARTS) is 1. The van der Waals surface area contributed by atoms with Crippen molar-refractivity contribution in [3.8, 4) is 0 Å². The second-order valence-electron chi connectivity index (χ2n) is 7.17. The minimum atomic E-state index is -5.08. The van der Waals surface area contributed by atoms with Crippen molar-refractivity contribution < 1.29 is 23.1 Å². The van der Waals surface area contributed by atoms with Crippen molar-refractivity contribution in [1.82, 2.24) is 19.9 Å². The van der Waals surface area contributed by atoms with Gasteiger partial charge in [-0.05, 0) is 42.5 Å². The number of aliphatic carboxylic acids is 1. The van der Waals surface area contributed by atoms with Crippen LogP contribution in [0.5, 0.6) is 0 Å². The lowest BCUT2D eigenvalue weighted by Gasteiger charge is -2.34. The summed E-state index contributed by atoms with van der Waals surface area (Å²) in [5, 5.41) is 7.12. The van der Waals surface area contributed by atoms with Crippen molar-refractivity contribution in [3.63, 3.8) is 0 Å². The molecule has 2 aromatic rings. The van der Waals surface area contributed by atoms with Gasteiger partial charge in [0, 0.05) is 51.0 Å². The molecule has 2 fully saturated rings. The van der Waals surface area contributed by atoms with Gasteiger partial charge in [0.25, 0.3) is 0 Å². The summed E-state index contributed by atoms with van der Waals surface area (Å²) < 4.78 is 31.7. The molecule has 2 saturated heterocycles. The van der Waals surface area contributed by atoms with Gasteiger partial charge in [-0.15, -0.1) is 0 Å². The number of likely N-dealkylation sites (tertiary alicyclic amines) is 1. The monoisotopic (exact) mass is 409 g/mol. The van der Waals surface area contributed by atoms with E-state index in [0.29, 0.717) is 0 Å². The molecule has 156 valence electrons. The van der Waals surface area contributed by atoms with E-state index in [9.17, 15) is 13.2 Å². The number of hydrogen-bond acceptors (Lipinski definition) is 6. The molecule has 2 aliphatic heterocycles. The smallest absolute Gasteiger partial charge is 0.475 e. The fourth-order valence-corrected chi connectivity index (χ4v) is 3.78. The van der Waals surface area contributed by atoms with Gasteiger partial charge in [-0.2, -0.15) is 13.2 Å². The van der Waals surface area contributed by atoms with E-state index < -0.39 is 12.1 Å². The Morgan fingerprint density at radius 2 is 1.76 bits per heavy atom. The van der Waals surface area contributed by atoms with Gasteiger partial charge in [0.15, 0.2) is 0 Å². The average Bonchev–Trinajstić information content (AvgIpc) is 3.13. The van der Waals surface area contributed by atoms with Crippen LogP contribution in [0.15, 0.2) is 43.1 Å². The molecule has 0 amide bonds. The summed E-state index contributed by atoms with van der Waals surface area (Å²) >= 11 is 0. The molecule has 2 aromatic heterocycles. The SMILES string of the molecule is O=C(O)C(F)(F)F.c1cc(CN2CC[C@@H]3CN(c4cnccn4)C[C@@H]3C2)ccn1. The largest absolute Gasteiger partial charge is 0.490 e. The zero-order chi connectivity index (χ0) is 20.9. The number of carboxylic acids is 1. The van der Waals surface area contributed by atoms with Crippen LogP contribution in [0.2, 0.25) is 0 Å². The fraction of sp³-hybridized carbons (Fsp3) is 0.474. The average molecular weight is 409 g/mol. The zero-order valence-corrected chi connectivity index (χ0v) is 15.7. The van der Waals surface area contributed by atoms with Crippen LogP contribution in [0.4, 0.5) is 19.0 Å². The lowest BCUT2D eigenvalue weighted by atomic mass is 9.88. The summed E-state index contributed by atoms with van der Waals surface area (Å²) in [7, 11) is 0. The molecule has 4 rings (SSSR count). The van der Waals surface area contributed by atoms with Crippen molar-refractivity contribution in [2.24, 2.45) is 11.8 Å². The Morgan fingerprint density at radius 3 is 2.38 bits per heavy atom. The third-order valence-corrected chi connectivity index (χ3v) is 5.16. The summed E-state index contributed by atoms with van der Waals surface area (Å²) in [6.07, 6.45) is 5.37. The van der Waals surface area contributed by atoms with Gasteiger partial charge < -0.3 is 10.0 Å². The first-order valence-corrected chi connectivity index (χ1v) is 9.25. The van der Waals surface area contributed by atoms with E-state index in [1.165, 1.54) is 25.1 Å². The summed E-state index contributed by atoms with van der Waals surface area (Å²) in [4.78, 5) is 26.6. The quantitative estimate of drug-likeness (QED) is 0.834. The molecule has 29 heavy (non-hydrogen) atoms. The first-order valence-electron chi connectivity index (χ1n) is 9.25. The Kier molecular flexibility index (Phi) is 6.63. The van der Waals surface area contributed by atoms with E-state index >= 15 is 0 Å². The Balaban J connectivity index is 0.000000298. The van der Waals surface area contributed by atoms with Crippen molar-refractivity contribution in [3.05, 3.63) is 48.7 Å². The van der Waals surface area contributed by atoms with E-state index in [0.717, 1.165) is 37.3 Å². The number of carbonyl (C=O) groups is 1. The van der Waals surface area contributed by atoms with Crippen LogP contribution in [-0.2, 0) is 11.3 Å². The summed E-state index contributed by atoms with van der Waals surface area (Å²) in [5.41, 5.74) is 1.36. The zero-order valence-electron chi connectivity index (χ0n) is 15.7. The lowest BCUT2D eigenvalue weighted by molar-refractivity contribution is -0.192. The van der Waals surface area contributed by atoms with Crippen molar-refractivity contribution in [1.29, 1.82) is 0 Å². The number of alkyl halides is 3. The first-order chi connectivity index (χ1) is 13.8. The van der Waals surface area contributed by atoms with Gasteiger partial charge in [-0.25, -0.2) is 9.78 Å². The van der Waals surface area contributed by atoms with E-state index in [1.807, 2.05) is 18.6 Å². The highest BCUT2D eigenvalue weighted by Crippen LogP contribution is 2.33. The maximum Gasteiger partial charge on any atom is 0.490 e. The molecule has 0 bridgehead atoms. The Bertz CT molecular complexity index is 791. The molecule has 10 heteroatoms. The molecule has 0 radical (unpaired) electrons. The molecule has 7 nitrogen and oxygen atoms in total. The van der Waals surface area contributed by atoms with Crippen LogP contribution in [0, 0.1) is 11.8 Å². The highest BCUT2D eigenvalue weighted by Gasteiger charge is 2.38. The number of aromatic nitrogens is 3. The molecular formula is C19H22F3N5O2. The predicted octanol–water partition coefficient (Wildman–Crippen LogP) is 2.46. The third kappa shape index (κ3) is 5.86. The number of anilines is 1. The van der Waals surface area contributed by atoms with Gasteiger partial charge in [-0.3, -0.25) is 14.9 Å². The summed E-state index contributed by atoms with van der Waals surface area (Å²) in [5.74, 6) is -0.182. The van der Waals surface area contributed by atoms with E-state index in [-0.39, 0.29) is 0 Å². The number of pyridine rings is 1. The topological polar surface area (TPSA) is 82.5 Å². The van der Waals surface area contributed by atoms with Gasteiger partial charge >= 0.3 is 12.1 Å². The number of hydrogen-bond donors (Lipinski definition) is 1. The number of halogens is 3. The van der Waals surface area contributed by atoms with Gasteiger partial charge in [0.05, 0.1) is 6.20 Å². The fourth-order valence-electron chi connectivity index (χ4n) is 3.78. The van der Waals surface area contributed by atoms with Crippen molar-refractivity contribution in [2.75, 3.05) is 31.1 Å². The molecule has 0 aromatic carbocycles. The van der Waals surface area contributed by atoms with Crippen LogP contribution in [0.3, 0.4) is 0 Å². The van der Waals surface area contributed by atoms with Crippen molar-refractivity contribution in [2.45, 2.75) is 19.1 Å². The van der Waals surface area contributed by atoms with Crippen LogP contribution >= 0.6 is 0 Å². The molecule has 4 heterocycles. The number of nitrogens with zero attached hydrogens (tertiary/aromatic N) is 5. The van der Waals surface area contributed by atoms with Crippen LogP contribution < -0.4 is 4.90 Å². The molecule has 0 spiro atoms. The summed E-state index contributed by atoms with van der Waals surface area (Å²) in [6, 6.07) is 4.24. The molecule has 2 aliphatic rings. The van der Waals surface area contributed by atoms with Crippen LogP contribution in [0.1, 0.15) is 12.0 Å². The van der Waals surface area contributed by atoms with Crippen molar-refractivity contribution >= 4 is 11.8 Å². The van der Waals surface area contributed by atoms with E-state index in [2.05, 4.69) is 36.9 Å². The van der Waals surface area contributed by atoms with Crippen LogP contribution in [-0.4, -0.2) is 63.3 Å². The van der Waals surface area contributed by atoms with Gasteiger partial charge in [0.2, 0.25) is 0 Å². The van der Waals surface area contributed by atoms with E-state index in [1.54, 1.807) is 12.4 Å². The molecule has 2 atom stereocenters. The maximum atomic E-state index is 10.6. The maximum absolute atomic E-state index is 10.6. The summed E-state index contributed by atoms with van der Waals surface area (Å²) in [6.45, 7) is 5.65. The molecular weight excluding hydrogens is 387 g/mol. The standard InChI is InChI=1S/C17H21N5.C2HF3O2/c1-4-18-5-2-14(1)10-21-8-3-15-12-22(13-16(15)11-21)17-9-19-6-7-20-17;3-2(4,5)1(6)7/h1-2,4-7,9,15-16H,3,8,10-13H2;(H,6,7)/t15-,16+;/m1./s1. The minimum Gasteiger partial charge on any atom is -0.475 e. The Hall–Kier alpha value is -2.75. The highest BCUT2D eigenvalue weighted by molar-refractivity contribution is 5.73. The minimum absolute atomic E-state index is 0.748. The lowest BCUT2D eigenvalue weighted by Crippen LogP contribution is -2.39. The van der Waals surface area contributed by atoms with E-state index in [4.69, 9.17) is 9.90 Å². The van der Waals surface area contributed by atoms with Crippen LogP contribution in [0.25, 0.3) is 0 Å². The van der Waals surface area contributed by atoms with Gasteiger partial charge in [-0.1, -0.05) is 0 Å². The number of piperidine rings is 1. The molecule has 0 unspecified atom stereocenters.